The lowest BCUT2D eigenvalue weighted by atomic mass is 9.63. The molecule has 0 aromatic rings. The molecule has 22 heavy (non-hydrogen) atoms. The average molecular weight is 306 g/mol. The molecule has 2 bridgehead atoms. The summed E-state index contributed by atoms with van der Waals surface area (Å²) in [6, 6.07) is 0. The number of rotatable bonds is 2. The first-order valence-electron chi connectivity index (χ1n) is 9.56. The van der Waals surface area contributed by atoms with Crippen molar-refractivity contribution in [1.82, 2.24) is 0 Å². The molecule has 0 radical (unpaired) electrons. The highest BCUT2D eigenvalue weighted by Crippen LogP contribution is 2.75. The monoisotopic (exact) mass is 306 g/mol. The van der Waals surface area contributed by atoms with E-state index in [-0.39, 0.29) is 11.4 Å². The van der Waals surface area contributed by atoms with Crippen LogP contribution >= 0.6 is 0 Å². The Bertz CT molecular complexity index is 486. The van der Waals surface area contributed by atoms with Crippen LogP contribution in [-0.4, -0.2) is 17.5 Å². The zero-order valence-corrected chi connectivity index (χ0v) is 15.4. The van der Waals surface area contributed by atoms with Gasteiger partial charge in [0.05, 0.1) is 11.7 Å². The van der Waals surface area contributed by atoms with E-state index in [0.29, 0.717) is 22.9 Å². The van der Waals surface area contributed by atoms with Crippen LogP contribution in [0.5, 0.6) is 0 Å². The fourth-order valence-corrected chi connectivity index (χ4v) is 7.47. The second kappa shape index (κ2) is 4.30. The SMILES string of the molecule is CCCC1(C)OC2CC34CC(C(C)(C)C3CCC4C)C2(C)O1. The number of fused-ring (bicyclic) bond motifs is 3. The Hall–Kier alpha value is -0.0800. The maximum atomic E-state index is 6.72. The van der Waals surface area contributed by atoms with Gasteiger partial charge in [-0.2, -0.15) is 0 Å². The van der Waals surface area contributed by atoms with Gasteiger partial charge in [-0.15, -0.1) is 0 Å². The van der Waals surface area contributed by atoms with Crippen LogP contribution in [0.25, 0.3) is 0 Å². The van der Waals surface area contributed by atoms with Gasteiger partial charge in [0.2, 0.25) is 0 Å². The smallest absolute Gasteiger partial charge is 0.166 e. The highest BCUT2D eigenvalue weighted by molar-refractivity contribution is 5.21. The van der Waals surface area contributed by atoms with Gasteiger partial charge in [0.1, 0.15) is 0 Å². The van der Waals surface area contributed by atoms with Crippen molar-refractivity contribution in [2.75, 3.05) is 0 Å². The molecule has 7 unspecified atom stereocenters. The van der Waals surface area contributed by atoms with Gasteiger partial charge in [0, 0.05) is 6.42 Å². The van der Waals surface area contributed by atoms with E-state index in [4.69, 9.17) is 9.47 Å². The van der Waals surface area contributed by atoms with E-state index in [2.05, 4.69) is 41.5 Å². The quantitative estimate of drug-likeness (QED) is 0.701. The summed E-state index contributed by atoms with van der Waals surface area (Å²) in [7, 11) is 0. The zero-order chi connectivity index (χ0) is 16.0. The predicted octanol–water partition coefficient (Wildman–Crippen LogP) is 5.16. The molecule has 7 atom stereocenters. The molecule has 1 saturated heterocycles. The van der Waals surface area contributed by atoms with Gasteiger partial charge < -0.3 is 9.47 Å². The molecular weight excluding hydrogens is 272 g/mol. The fourth-order valence-electron chi connectivity index (χ4n) is 7.47. The third-order valence-corrected chi connectivity index (χ3v) is 8.37. The molecular formula is C20H34O2. The molecule has 4 aliphatic rings. The predicted molar refractivity (Wildman–Crippen MR) is 88.5 cm³/mol. The van der Waals surface area contributed by atoms with E-state index < -0.39 is 0 Å². The van der Waals surface area contributed by atoms with Crippen LogP contribution in [0.2, 0.25) is 0 Å². The molecule has 4 fully saturated rings. The van der Waals surface area contributed by atoms with Crippen LogP contribution in [0.3, 0.4) is 0 Å². The molecule has 0 aromatic heterocycles. The van der Waals surface area contributed by atoms with E-state index in [1.807, 2.05) is 0 Å². The van der Waals surface area contributed by atoms with Gasteiger partial charge in [-0.05, 0) is 68.1 Å². The lowest BCUT2D eigenvalue weighted by molar-refractivity contribution is -0.193. The molecule has 1 aliphatic heterocycles. The lowest BCUT2D eigenvalue weighted by Gasteiger charge is -2.47. The van der Waals surface area contributed by atoms with Crippen LogP contribution in [0.1, 0.15) is 80.1 Å². The summed E-state index contributed by atoms with van der Waals surface area (Å²) >= 11 is 0. The largest absolute Gasteiger partial charge is 0.344 e. The summed E-state index contributed by atoms with van der Waals surface area (Å²) in [5.41, 5.74) is 0.830. The fraction of sp³-hybridized carbons (Fsp3) is 1.00. The Morgan fingerprint density at radius 3 is 2.41 bits per heavy atom. The van der Waals surface area contributed by atoms with Gasteiger partial charge in [-0.25, -0.2) is 0 Å². The van der Waals surface area contributed by atoms with Crippen molar-refractivity contribution in [2.45, 2.75) is 97.6 Å². The van der Waals surface area contributed by atoms with Crippen LogP contribution in [0.4, 0.5) is 0 Å². The number of hydrogen-bond donors (Lipinski definition) is 0. The van der Waals surface area contributed by atoms with Crippen molar-refractivity contribution in [3.8, 4) is 0 Å². The van der Waals surface area contributed by atoms with Gasteiger partial charge in [-0.1, -0.05) is 34.1 Å². The highest BCUT2D eigenvalue weighted by atomic mass is 16.8. The van der Waals surface area contributed by atoms with Crippen LogP contribution in [0, 0.1) is 28.6 Å². The van der Waals surface area contributed by atoms with E-state index in [1.54, 1.807) is 0 Å². The maximum absolute atomic E-state index is 6.72. The second-order valence-corrected chi connectivity index (χ2v) is 9.82. The summed E-state index contributed by atoms with van der Waals surface area (Å²) in [6.45, 7) is 14.3. The summed E-state index contributed by atoms with van der Waals surface area (Å²) < 4.78 is 13.3. The third-order valence-electron chi connectivity index (χ3n) is 8.37. The van der Waals surface area contributed by atoms with Crippen molar-refractivity contribution in [3.63, 3.8) is 0 Å². The first-order chi connectivity index (χ1) is 10.2. The molecule has 0 N–H and O–H groups in total. The van der Waals surface area contributed by atoms with E-state index in [9.17, 15) is 0 Å². The first kappa shape index (κ1) is 15.4. The molecule has 2 heteroatoms. The Morgan fingerprint density at radius 1 is 1.00 bits per heavy atom. The molecule has 0 aromatic carbocycles. The van der Waals surface area contributed by atoms with Gasteiger partial charge in [0.25, 0.3) is 0 Å². The maximum Gasteiger partial charge on any atom is 0.166 e. The van der Waals surface area contributed by atoms with Crippen molar-refractivity contribution < 1.29 is 9.47 Å². The van der Waals surface area contributed by atoms with Gasteiger partial charge >= 0.3 is 0 Å². The molecule has 0 amide bonds. The Morgan fingerprint density at radius 2 is 1.73 bits per heavy atom. The molecule has 1 spiro atoms. The van der Waals surface area contributed by atoms with Crippen molar-refractivity contribution in [2.24, 2.45) is 28.6 Å². The van der Waals surface area contributed by atoms with E-state index in [0.717, 1.165) is 24.7 Å². The molecule has 4 rings (SSSR count). The standard InChI is InChI=1S/C20H34O2/c1-7-10-18(5)21-16-12-20-11-15(19(16,6)22-18)17(3,4)14(20)9-8-13(20)2/h13-16H,7-12H2,1-6H3. The third kappa shape index (κ3) is 1.64. The lowest BCUT2D eigenvalue weighted by Crippen LogP contribution is -2.52. The van der Waals surface area contributed by atoms with Gasteiger partial charge in [-0.3, -0.25) is 0 Å². The van der Waals surface area contributed by atoms with Crippen LogP contribution < -0.4 is 0 Å². The minimum absolute atomic E-state index is 0.0806. The first-order valence-corrected chi connectivity index (χ1v) is 9.56. The molecule has 126 valence electrons. The highest BCUT2D eigenvalue weighted by Gasteiger charge is 2.74. The van der Waals surface area contributed by atoms with Crippen LogP contribution in [0.15, 0.2) is 0 Å². The van der Waals surface area contributed by atoms with Crippen molar-refractivity contribution in [3.05, 3.63) is 0 Å². The Labute approximate surface area is 136 Å². The minimum atomic E-state index is -0.358. The van der Waals surface area contributed by atoms with E-state index >= 15 is 0 Å². The Kier molecular flexibility index (Phi) is 3.02. The van der Waals surface area contributed by atoms with E-state index in [1.165, 1.54) is 25.7 Å². The normalized spacial score (nSPS) is 58.6. The second-order valence-electron chi connectivity index (χ2n) is 9.82. The molecule has 1 heterocycles. The average Bonchev–Trinajstić information content (AvgIpc) is 2.92. The summed E-state index contributed by atoms with van der Waals surface area (Å²) in [4.78, 5) is 0. The number of ether oxygens (including phenoxy) is 2. The summed E-state index contributed by atoms with van der Waals surface area (Å²) in [5.74, 6) is 2.01. The topological polar surface area (TPSA) is 18.5 Å². The molecule has 3 saturated carbocycles. The van der Waals surface area contributed by atoms with Crippen molar-refractivity contribution in [1.29, 1.82) is 0 Å². The number of hydrogen-bond acceptors (Lipinski definition) is 2. The van der Waals surface area contributed by atoms with Crippen molar-refractivity contribution >= 4 is 0 Å². The van der Waals surface area contributed by atoms with Gasteiger partial charge in [0.15, 0.2) is 5.79 Å². The van der Waals surface area contributed by atoms with Crippen LogP contribution in [-0.2, 0) is 9.47 Å². The molecule has 3 aliphatic carbocycles. The minimum Gasteiger partial charge on any atom is -0.344 e. The summed E-state index contributed by atoms with van der Waals surface area (Å²) in [5, 5.41) is 0. The zero-order valence-electron chi connectivity index (χ0n) is 15.4. The molecule has 2 nitrogen and oxygen atoms in total. The summed E-state index contributed by atoms with van der Waals surface area (Å²) in [6.07, 6.45) is 7.86. The Balaban J connectivity index is 1.75.